The van der Waals surface area contributed by atoms with E-state index >= 15 is 0 Å². The van der Waals surface area contributed by atoms with Gasteiger partial charge in [0.2, 0.25) is 15.9 Å². The average Bonchev–Trinajstić information content (AvgIpc) is 2.84. The first-order valence-corrected chi connectivity index (χ1v) is 10.6. The molecule has 0 radical (unpaired) electrons. The highest BCUT2D eigenvalue weighted by Crippen LogP contribution is 2.16. The normalized spacial score (nSPS) is 20.1. The van der Waals surface area contributed by atoms with E-state index < -0.39 is 31.8 Å². The molecule has 1 aromatic rings. The van der Waals surface area contributed by atoms with Gasteiger partial charge in [0.15, 0.2) is 9.84 Å². The van der Waals surface area contributed by atoms with Crippen LogP contribution in [0.2, 0.25) is 0 Å². The molecule has 23 heavy (non-hydrogen) atoms. The second-order valence-electron chi connectivity index (χ2n) is 5.54. The van der Waals surface area contributed by atoms with Crippen molar-refractivity contribution in [1.29, 1.82) is 0 Å². The van der Waals surface area contributed by atoms with Gasteiger partial charge in [0.1, 0.15) is 0 Å². The van der Waals surface area contributed by atoms with Crippen molar-refractivity contribution in [2.24, 2.45) is 0 Å². The Hall–Kier alpha value is -1.61. The quantitative estimate of drug-likeness (QED) is 0.778. The van der Waals surface area contributed by atoms with E-state index in [1.165, 1.54) is 7.05 Å². The third-order valence-electron chi connectivity index (χ3n) is 3.72. The molecule has 1 saturated heterocycles. The topological polar surface area (TPSA) is 101 Å². The number of nitrogens with one attached hydrogen (secondary N) is 1. The Balaban J connectivity index is 1.88. The summed E-state index contributed by atoms with van der Waals surface area (Å²) < 4.78 is 48.3. The Morgan fingerprint density at radius 3 is 2.52 bits per heavy atom. The number of carbonyl (C=O) groups is 1. The summed E-state index contributed by atoms with van der Waals surface area (Å²) in [6, 6.07) is 8.17. The standard InChI is InChI=1S/C14H20N2O5S2/c1-16(13-5-3-2-4-6-13)23(20,21)10-8-14(17)15-12-7-9-22(18,19)11-12/h2-6,12H,7-11H2,1H3,(H,15,17). The molecule has 128 valence electrons. The van der Waals surface area contributed by atoms with E-state index in [2.05, 4.69) is 5.32 Å². The summed E-state index contributed by atoms with van der Waals surface area (Å²) in [5.41, 5.74) is 0.523. The minimum atomic E-state index is -3.61. The molecule has 1 aliphatic heterocycles. The molecule has 1 unspecified atom stereocenters. The molecule has 1 fully saturated rings. The van der Waals surface area contributed by atoms with Gasteiger partial charge in [-0.3, -0.25) is 9.10 Å². The molecule has 9 heteroatoms. The molecule has 2 rings (SSSR count). The van der Waals surface area contributed by atoms with Crippen molar-refractivity contribution in [2.45, 2.75) is 18.9 Å². The Labute approximate surface area is 136 Å². The maximum absolute atomic E-state index is 12.2. The first-order valence-electron chi connectivity index (χ1n) is 7.21. The lowest BCUT2D eigenvalue weighted by atomic mass is 10.2. The zero-order valence-electron chi connectivity index (χ0n) is 12.8. The average molecular weight is 360 g/mol. The summed E-state index contributed by atoms with van der Waals surface area (Å²) in [6.45, 7) is 0. The number of amides is 1. The number of hydrogen-bond acceptors (Lipinski definition) is 5. The first-order chi connectivity index (χ1) is 10.7. The summed E-state index contributed by atoms with van der Waals surface area (Å²) in [6.07, 6.45) is 0.181. The zero-order chi connectivity index (χ0) is 17.1. The summed E-state index contributed by atoms with van der Waals surface area (Å²) in [7, 11) is -5.25. The lowest BCUT2D eigenvalue weighted by Crippen LogP contribution is -2.38. The van der Waals surface area contributed by atoms with Crippen LogP contribution in [0.5, 0.6) is 0 Å². The molecule has 7 nitrogen and oxygen atoms in total. The van der Waals surface area contributed by atoms with Crippen molar-refractivity contribution in [3.05, 3.63) is 30.3 Å². The Kier molecular flexibility index (Phi) is 5.30. The van der Waals surface area contributed by atoms with E-state index in [0.29, 0.717) is 12.1 Å². The van der Waals surface area contributed by atoms with Gasteiger partial charge in [-0.1, -0.05) is 18.2 Å². The van der Waals surface area contributed by atoms with Crippen LogP contribution < -0.4 is 9.62 Å². The van der Waals surface area contributed by atoms with Crippen molar-refractivity contribution in [1.82, 2.24) is 5.32 Å². The molecular weight excluding hydrogens is 340 g/mol. The van der Waals surface area contributed by atoms with Crippen LogP contribution in [0, 0.1) is 0 Å². The minimum Gasteiger partial charge on any atom is -0.352 e. The minimum absolute atomic E-state index is 0.0625. The molecule has 1 N–H and O–H groups in total. The molecule has 1 heterocycles. The molecule has 0 aliphatic carbocycles. The maximum Gasteiger partial charge on any atom is 0.235 e. The van der Waals surface area contributed by atoms with E-state index in [0.717, 1.165) is 4.31 Å². The predicted molar refractivity (Wildman–Crippen MR) is 88.5 cm³/mol. The van der Waals surface area contributed by atoms with E-state index in [1.54, 1.807) is 30.3 Å². The SMILES string of the molecule is CN(c1ccccc1)S(=O)(=O)CCC(=O)NC1CCS(=O)(=O)C1. The number of benzene rings is 1. The molecule has 1 aliphatic rings. The zero-order valence-corrected chi connectivity index (χ0v) is 14.4. The number of para-hydroxylation sites is 1. The van der Waals surface area contributed by atoms with Gasteiger partial charge >= 0.3 is 0 Å². The van der Waals surface area contributed by atoms with Gasteiger partial charge in [-0.2, -0.15) is 0 Å². The smallest absolute Gasteiger partial charge is 0.235 e. The van der Waals surface area contributed by atoms with E-state index in [9.17, 15) is 21.6 Å². The lowest BCUT2D eigenvalue weighted by Gasteiger charge is -2.19. The Morgan fingerprint density at radius 2 is 1.96 bits per heavy atom. The maximum atomic E-state index is 12.2. The highest BCUT2D eigenvalue weighted by Gasteiger charge is 2.29. The number of rotatable bonds is 6. The Bertz CT molecular complexity index is 760. The number of sulfone groups is 1. The van der Waals surface area contributed by atoms with Crippen molar-refractivity contribution in [3.63, 3.8) is 0 Å². The van der Waals surface area contributed by atoms with Gasteiger partial charge in [0.05, 0.1) is 22.9 Å². The summed E-state index contributed by atoms with van der Waals surface area (Å²) in [5.74, 6) is -0.788. The predicted octanol–water partition coefficient (Wildman–Crippen LogP) is 0.146. The highest BCUT2D eigenvalue weighted by molar-refractivity contribution is 7.92. The van der Waals surface area contributed by atoms with Gasteiger partial charge in [0.25, 0.3) is 0 Å². The molecule has 0 spiro atoms. The monoisotopic (exact) mass is 360 g/mol. The van der Waals surface area contributed by atoms with Gasteiger partial charge in [-0.15, -0.1) is 0 Å². The van der Waals surface area contributed by atoms with Crippen molar-refractivity contribution in [2.75, 3.05) is 28.6 Å². The van der Waals surface area contributed by atoms with E-state index in [4.69, 9.17) is 0 Å². The second kappa shape index (κ2) is 6.88. The number of carbonyl (C=O) groups excluding carboxylic acids is 1. The molecule has 1 amide bonds. The second-order valence-corrected chi connectivity index (χ2v) is 9.89. The summed E-state index contributed by atoms with van der Waals surface area (Å²) in [4.78, 5) is 11.8. The number of nitrogens with zero attached hydrogens (tertiary/aromatic N) is 1. The number of anilines is 1. The molecule has 0 bridgehead atoms. The molecule has 1 aromatic carbocycles. The van der Waals surface area contributed by atoms with Crippen LogP contribution in [-0.4, -0.2) is 53.1 Å². The third-order valence-corrected chi connectivity index (χ3v) is 7.25. The van der Waals surface area contributed by atoms with Gasteiger partial charge in [-0.05, 0) is 18.6 Å². The molecule has 0 aromatic heterocycles. The Morgan fingerprint density at radius 1 is 1.30 bits per heavy atom. The van der Waals surface area contributed by atoms with Crippen LogP contribution in [0.1, 0.15) is 12.8 Å². The van der Waals surface area contributed by atoms with E-state index in [1.807, 2.05) is 0 Å². The first kappa shape index (κ1) is 17.7. The van der Waals surface area contributed by atoms with Crippen LogP contribution in [0.4, 0.5) is 5.69 Å². The lowest BCUT2D eigenvalue weighted by molar-refractivity contribution is -0.121. The summed E-state index contributed by atoms with van der Waals surface area (Å²) in [5, 5.41) is 2.58. The van der Waals surface area contributed by atoms with Crippen LogP contribution >= 0.6 is 0 Å². The summed E-state index contributed by atoms with van der Waals surface area (Å²) >= 11 is 0. The van der Waals surface area contributed by atoms with Gasteiger partial charge in [0, 0.05) is 19.5 Å². The van der Waals surface area contributed by atoms with Crippen LogP contribution in [-0.2, 0) is 24.7 Å². The van der Waals surface area contributed by atoms with Gasteiger partial charge < -0.3 is 5.32 Å². The van der Waals surface area contributed by atoms with Gasteiger partial charge in [-0.25, -0.2) is 16.8 Å². The largest absolute Gasteiger partial charge is 0.352 e. The molecule has 1 atom stereocenters. The fraction of sp³-hybridized carbons (Fsp3) is 0.500. The van der Waals surface area contributed by atoms with Crippen LogP contribution in [0.25, 0.3) is 0 Å². The van der Waals surface area contributed by atoms with Crippen LogP contribution in [0.15, 0.2) is 30.3 Å². The highest BCUT2D eigenvalue weighted by atomic mass is 32.2. The van der Waals surface area contributed by atoms with Crippen LogP contribution in [0.3, 0.4) is 0 Å². The van der Waals surface area contributed by atoms with Crippen molar-refractivity contribution < 1.29 is 21.6 Å². The fourth-order valence-corrected chi connectivity index (χ4v) is 5.20. The molecular formula is C14H20N2O5S2. The van der Waals surface area contributed by atoms with Crippen molar-refractivity contribution >= 4 is 31.5 Å². The fourth-order valence-electron chi connectivity index (χ4n) is 2.37. The number of hydrogen-bond donors (Lipinski definition) is 1. The van der Waals surface area contributed by atoms with Crippen molar-refractivity contribution in [3.8, 4) is 0 Å². The molecule has 0 saturated carbocycles. The number of sulfonamides is 1. The third kappa shape index (κ3) is 4.93. The van der Waals surface area contributed by atoms with E-state index in [-0.39, 0.29) is 23.7 Å².